The Morgan fingerprint density at radius 2 is 1.80 bits per heavy atom. The number of nitrogens with zero attached hydrogens (tertiary/aromatic N) is 1. The fraction of sp³-hybridized carbons (Fsp3) is 0.118. The molecule has 0 amide bonds. The van der Waals surface area contributed by atoms with E-state index in [4.69, 9.17) is 0 Å². The molecule has 3 aromatic rings. The molecule has 1 heterocycles. The number of pyridine rings is 1. The molecule has 0 fully saturated rings. The van der Waals surface area contributed by atoms with Crippen molar-refractivity contribution in [3.05, 3.63) is 72.2 Å². The van der Waals surface area contributed by atoms with Crippen LogP contribution in [0.4, 0.5) is 10.1 Å². The third kappa shape index (κ3) is 2.35. The second-order valence-corrected chi connectivity index (χ2v) is 4.77. The van der Waals surface area contributed by atoms with E-state index >= 15 is 0 Å². The molecule has 3 rings (SSSR count). The van der Waals surface area contributed by atoms with Crippen LogP contribution in [0, 0.1) is 5.82 Å². The Balaban J connectivity index is 1.97. The minimum atomic E-state index is -0.293. The quantitative estimate of drug-likeness (QED) is 0.752. The van der Waals surface area contributed by atoms with Crippen LogP contribution in [0.15, 0.2) is 60.8 Å². The highest BCUT2D eigenvalue weighted by Crippen LogP contribution is 2.26. The van der Waals surface area contributed by atoms with Crippen LogP contribution in [0.1, 0.15) is 18.5 Å². The normalized spacial score (nSPS) is 12.3. The number of hydrogen-bond donors (Lipinski definition) is 1. The van der Waals surface area contributed by atoms with Crippen LogP contribution in [0.3, 0.4) is 0 Å². The van der Waals surface area contributed by atoms with Crippen LogP contribution < -0.4 is 5.32 Å². The van der Waals surface area contributed by atoms with Crippen LogP contribution in [0.5, 0.6) is 0 Å². The molecule has 0 saturated carbocycles. The molecule has 0 aliphatic heterocycles. The molecule has 2 aromatic carbocycles. The van der Waals surface area contributed by atoms with E-state index in [0.717, 1.165) is 11.1 Å². The molecule has 0 radical (unpaired) electrons. The number of nitrogens with one attached hydrogen (secondary N) is 1. The van der Waals surface area contributed by atoms with Crippen LogP contribution in [0.25, 0.3) is 10.9 Å². The molecular weight excluding hydrogens is 251 g/mol. The van der Waals surface area contributed by atoms with Gasteiger partial charge in [-0.2, -0.15) is 0 Å². The first-order valence-electron chi connectivity index (χ1n) is 6.60. The number of rotatable bonds is 3. The van der Waals surface area contributed by atoms with Crippen molar-refractivity contribution in [2.45, 2.75) is 13.0 Å². The summed E-state index contributed by atoms with van der Waals surface area (Å²) in [5.74, 6) is -0.293. The van der Waals surface area contributed by atoms with Crippen molar-refractivity contribution in [3.8, 4) is 0 Å². The summed E-state index contributed by atoms with van der Waals surface area (Å²) in [5.41, 5.74) is 2.48. The number of para-hydroxylation sites is 1. The third-order valence-electron chi connectivity index (χ3n) is 3.39. The lowest BCUT2D eigenvalue weighted by Crippen LogP contribution is -2.07. The molecule has 0 spiro atoms. The standard InChI is InChI=1S/C17H15FN2/c1-12(13-6-3-2-4-7-13)20-16-10-11-19-17-14(16)8-5-9-15(17)18/h2-12H,1H3,(H,19,20)/t12-/m1/s1. The number of hydrogen-bond acceptors (Lipinski definition) is 2. The fourth-order valence-corrected chi connectivity index (χ4v) is 2.32. The first kappa shape index (κ1) is 12.6. The van der Waals surface area contributed by atoms with Gasteiger partial charge in [-0.15, -0.1) is 0 Å². The smallest absolute Gasteiger partial charge is 0.149 e. The lowest BCUT2D eigenvalue weighted by molar-refractivity contribution is 0.637. The van der Waals surface area contributed by atoms with E-state index in [1.165, 1.54) is 11.6 Å². The molecule has 0 bridgehead atoms. The van der Waals surface area contributed by atoms with Gasteiger partial charge in [-0.05, 0) is 24.6 Å². The van der Waals surface area contributed by atoms with Crippen molar-refractivity contribution >= 4 is 16.6 Å². The van der Waals surface area contributed by atoms with Gasteiger partial charge in [0.25, 0.3) is 0 Å². The Labute approximate surface area is 117 Å². The van der Waals surface area contributed by atoms with Gasteiger partial charge in [0.15, 0.2) is 0 Å². The highest BCUT2D eigenvalue weighted by molar-refractivity contribution is 5.91. The average molecular weight is 266 g/mol. The Hall–Kier alpha value is -2.42. The average Bonchev–Trinajstić information content (AvgIpc) is 2.49. The van der Waals surface area contributed by atoms with Gasteiger partial charge in [0.2, 0.25) is 0 Å². The Morgan fingerprint density at radius 3 is 2.60 bits per heavy atom. The maximum Gasteiger partial charge on any atom is 0.149 e. The molecule has 0 aliphatic carbocycles. The molecule has 1 aromatic heterocycles. The lowest BCUT2D eigenvalue weighted by Gasteiger charge is -2.17. The number of anilines is 1. The van der Waals surface area contributed by atoms with E-state index in [0.29, 0.717) is 5.52 Å². The largest absolute Gasteiger partial charge is 0.378 e. The number of aromatic nitrogens is 1. The van der Waals surface area contributed by atoms with E-state index in [9.17, 15) is 4.39 Å². The molecule has 3 heteroatoms. The predicted molar refractivity (Wildman–Crippen MR) is 80.2 cm³/mol. The molecule has 100 valence electrons. The maximum atomic E-state index is 13.7. The van der Waals surface area contributed by atoms with Crippen LogP contribution in [0.2, 0.25) is 0 Å². The zero-order valence-corrected chi connectivity index (χ0v) is 11.2. The zero-order valence-electron chi connectivity index (χ0n) is 11.2. The summed E-state index contributed by atoms with van der Waals surface area (Å²) < 4.78 is 13.7. The molecule has 1 atom stereocenters. The predicted octanol–water partition coefficient (Wildman–Crippen LogP) is 4.55. The SMILES string of the molecule is C[C@@H](Nc1ccnc2c(F)cccc12)c1ccccc1. The van der Waals surface area contributed by atoms with Gasteiger partial charge in [0.1, 0.15) is 11.3 Å². The van der Waals surface area contributed by atoms with Gasteiger partial charge in [-0.25, -0.2) is 4.39 Å². The second-order valence-electron chi connectivity index (χ2n) is 4.77. The third-order valence-corrected chi connectivity index (χ3v) is 3.39. The van der Waals surface area contributed by atoms with E-state index in [-0.39, 0.29) is 11.9 Å². The number of fused-ring (bicyclic) bond motifs is 1. The molecule has 20 heavy (non-hydrogen) atoms. The first-order valence-corrected chi connectivity index (χ1v) is 6.60. The molecular formula is C17H15FN2. The summed E-state index contributed by atoms with van der Waals surface area (Å²) in [5, 5.41) is 4.22. The van der Waals surface area contributed by atoms with E-state index in [1.807, 2.05) is 30.3 Å². The van der Waals surface area contributed by atoms with Crippen LogP contribution in [-0.4, -0.2) is 4.98 Å². The highest BCUT2D eigenvalue weighted by Gasteiger charge is 2.09. The van der Waals surface area contributed by atoms with Crippen molar-refractivity contribution in [1.82, 2.24) is 4.98 Å². The van der Waals surface area contributed by atoms with Gasteiger partial charge in [-0.1, -0.05) is 42.5 Å². The minimum Gasteiger partial charge on any atom is -0.378 e. The van der Waals surface area contributed by atoms with Crippen molar-refractivity contribution in [2.75, 3.05) is 5.32 Å². The second kappa shape index (κ2) is 5.29. The van der Waals surface area contributed by atoms with Gasteiger partial charge in [0.05, 0.1) is 0 Å². The van der Waals surface area contributed by atoms with Crippen molar-refractivity contribution in [1.29, 1.82) is 0 Å². The van der Waals surface area contributed by atoms with Gasteiger partial charge >= 0.3 is 0 Å². The van der Waals surface area contributed by atoms with E-state index < -0.39 is 0 Å². The number of benzene rings is 2. The fourth-order valence-electron chi connectivity index (χ4n) is 2.32. The molecule has 0 unspecified atom stereocenters. The molecule has 1 N–H and O–H groups in total. The van der Waals surface area contributed by atoms with Gasteiger partial charge in [-0.3, -0.25) is 4.98 Å². The Morgan fingerprint density at radius 1 is 1.00 bits per heavy atom. The van der Waals surface area contributed by atoms with Crippen molar-refractivity contribution < 1.29 is 4.39 Å². The summed E-state index contributed by atoms with van der Waals surface area (Å²) in [4.78, 5) is 4.11. The van der Waals surface area contributed by atoms with Gasteiger partial charge in [0, 0.05) is 23.3 Å². The molecule has 2 nitrogen and oxygen atoms in total. The van der Waals surface area contributed by atoms with E-state index in [1.54, 1.807) is 12.3 Å². The lowest BCUT2D eigenvalue weighted by atomic mass is 10.1. The monoisotopic (exact) mass is 266 g/mol. The minimum absolute atomic E-state index is 0.144. The summed E-state index contributed by atoms with van der Waals surface area (Å²) in [6.07, 6.45) is 1.63. The topological polar surface area (TPSA) is 24.9 Å². The Bertz CT molecular complexity index is 725. The Kier molecular flexibility index (Phi) is 3.33. The van der Waals surface area contributed by atoms with Crippen LogP contribution >= 0.6 is 0 Å². The van der Waals surface area contributed by atoms with Crippen molar-refractivity contribution in [2.24, 2.45) is 0 Å². The molecule has 0 saturated heterocycles. The first-order chi connectivity index (χ1) is 9.75. The highest BCUT2D eigenvalue weighted by atomic mass is 19.1. The van der Waals surface area contributed by atoms with Crippen molar-refractivity contribution in [3.63, 3.8) is 0 Å². The van der Waals surface area contributed by atoms with E-state index in [2.05, 4.69) is 29.4 Å². The summed E-state index contributed by atoms with van der Waals surface area (Å²) in [6.45, 7) is 2.08. The van der Waals surface area contributed by atoms with Crippen LogP contribution in [-0.2, 0) is 0 Å². The summed E-state index contributed by atoms with van der Waals surface area (Å²) >= 11 is 0. The summed E-state index contributed by atoms with van der Waals surface area (Å²) in [6, 6.07) is 17.2. The summed E-state index contributed by atoms with van der Waals surface area (Å²) in [7, 11) is 0. The maximum absolute atomic E-state index is 13.7. The molecule has 0 aliphatic rings. The zero-order chi connectivity index (χ0) is 13.9. The van der Waals surface area contributed by atoms with Gasteiger partial charge < -0.3 is 5.32 Å². The number of halogens is 1.